The van der Waals surface area contributed by atoms with E-state index in [4.69, 9.17) is 4.74 Å². The molecule has 2 aromatic heterocycles. The van der Waals surface area contributed by atoms with E-state index >= 15 is 0 Å². The molecule has 1 saturated heterocycles. The van der Waals surface area contributed by atoms with Crippen LogP contribution in [-0.4, -0.2) is 45.8 Å². The van der Waals surface area contributed by atoms with Gasteiger partial charge in [0.25, 0.3) is 17.2 Å². The van der Waals surface area contributed by atoms with Crippen LogP contribution in [0, 0.1) is 19.7 Å². The Morgan fingerprint density at radius 1 is 1.08 bits per heavy atom. The van der Waals surface area contributed by atoms with Crippen molar-refractivity contribution in [1.82, 2.24) is 14.7 Å². The average molecular weight is 492 g/mol. The van der Waals surface area contributed by atoms with Crippen LogP contribution in [0.15, 0.2) is 47.5 Å². The van der Waals surface area contributed by atoms with E-state index in [1.165, 1.54) is 33.8 Å². The van der Waals surface area contributed by atoms with E-state index in [2.05, 4.69) is 5.10 Å². The third-order valence-electron chi connectivity index (χ3n) is 6.61. The number of nitrogens with zero attached hydrogens (tertiary/aromatic N) is 3. The molecule has 2 amide bonds. The molecule has 0 saturated carbocycles. The maximum Gasteiger partial charge on any atom is 0.327 e. The molecule has 3 aromatic rings. The van der Waals surface area contributed by atoms with Crippen LogP contribution in [-0.2, 0) is 20.7 Å². The van der Waals surface area contributed by atoms with Gasteiger partial charge in [0, 0.05) is 23.4 Å². The van der Waals surface area contributed by atoms with E-state index < -0.39 is 23.2 Å². The second kappa shape index (κ2) is 9.31. The van der Waals surface area contributed by atoms with Crippen molar-refractivity contribution in [1.29, 1.82) is 0 Å². The molecule has 0 radical (unpaired) electrons. The summed E-state index contributed by atoms with van der Waals surface area (Å²) in [5, 5.41) is 3.06. The second-order valence-corrected chi connectivity index (χ2v) is 9.31. The van der Waals surface area contributed by atoms with E-state index in [1.54, 1.807) is 17.0 Å². The fourth-order valence-electron chi connectivity index (χ4n) is 4.99. The molecule has 0 bridgehead atoms. The summed E-state index contributed by atoms with van der Waals surface area (Å²) in [6.07, 6.45) is 5.38. The zero-order valence-electron chi connectivity index (χ0n) is 20.5. The van der Waals surface area contributed by atoms with Gasteiger partial charge in [-0.15, -0.1) is 0 Å². The normalized spacial score (nSPS) is 18.1. The van der Waals surface area contributed by atoms with Crippen molar-refractivity contribution in [2.24, 2.45) is 0 Å². The summed E-state index contributed by atoms with van der Waals surface area (Å²) >= 11 is 0. The van der Waals surface area contributed by atoms with Gasteiger partial charge in [-0.25, -0.2) is 9.07 Å². The van der Waals surface area contributed by atoms with Gasteiger partial charge in [-0.1, -0.05) is 6.92 Å². The highest BCUT2D eigenvalue weighted by Gasteiger charge is 2.48. The van der Waals surface area contributed by atoms with Crippen LogP contribution in [0.1, 0.15) is 42.1 Å². The van der Waals surface area contributed by atoms with Crippen LogP contribution in [0.2, 0.25) is 0 Å². The molecular weight excluding hydrogens is 463 g/mol. The zero-order chi connectivity index (χ0) is 25.6. The molecule has 2 aliphatic rings. The topological polar surface area (TPSA) is 88.3 Å². The van der Waals surface area contributed by atoms with Crippen molar-refractivity contribution in [2.75, 3.05) is 13.2 Å². The maximum absolute atomic E-state index is 13.8. The van der Waals surface area contributed by atoms with Gasteiger partial charge < -0.3 is 4.74 Å². The highest BCUT2D eigenvalue weighted by molar-refractivity contribution is 6.44. The van der Waals surface area contributed by atoms with Gasteiger partial charge in [-0.2, -0.15) is 4.57 Å². The quantitative estimate of drug-likeness (QED) is 0.424. The van der Waals surface area contributed by atoms with Crippen LogP contribution in [0.3, 0.4) is 0 Å². The first-order valence-corrected chi connectivity index (χ1v) is 12.1. The first kappa shape index (κ1) is 23.9. The highest BCUT2D eigenvalue weighted by atomic mass is 19.1. The molecule has 1 aromatic carbocycles. The van der Waals surface area contributed by atoms with E-state index in [1.807, 2.05) is 26.8 Å². The van der Waals surface area contributed by atoms with Crippen molar-refractivity contribution in [2.45, 2.75) is 46.1 Å². The number of carbonyl (C=O) groups excluding carboxylic acids is 2. The van der Waals surface area contributed by atoms with Gasteiger partial charge in [0.2, 0.25) is 0 Å². The molecule has 0 aliphatic carbocycles. The number of hydrogen-bond acceptors (Lipinski definition) is 4. The number of aromatic nitrogens is 3. The van der Waals surface area contributed by atoms with Crippen molar-refractivity contribution < 1.29 is 23.3 Å². The first-order valence-electron chi connectivity index (χ1n) is 12.1. The Morgan fingerprint density at radius 2 is 1.78 bits per heavy atom. The summed E-state index contributed by atoms with van der Waals surface area (Å²) in [6.45, 7) is 6.41. The van der Waals surface area contributed by atoms with Crippen LogP contribution in [0.5, 0.6) is 0 Å². The van der Waals surface area contributed by atoms with E-state index in [-0.39, 0.29) is 29.5 Å². The minimum Gasteiger partial charge on any atom is -0.376 e. The lowest BCUT2D eigenvalue weighted by molar-refractivity contribution is -0.577. The van der Waals surface area contributed by atoms with E-state index in [0.717, 1.165) is 24.0 Å². The van der Waals surface area contributed by atoms with Crippen LogP contribution >= 0.6 is 0 Å². The summed E-state index contributed by atoms with van der Waals surface area (Å²) in [6, 6.07) is 7.46. The molecule has 36 heavy (non-hydrogen) atoms. The van der Waals surface area contributed by atoms with Crippen molar-refractivity contribution >= 4 is 23.1 Å². The Hall–Kier alpha value is -3.85. The summed E-state index contributed by atoms with van der Waals surface area (Å²) < 4.78 is 22.1. The Morgan fingerprint density at radius 3 is 2.39 bits per heavy atom. The van der Waals surface area contributed by atoms with E-state index in [9.17, 15) is 18.8 Å². The highest BCUT2D eigenvalue weighted by Crippen LogP contribution is 2.31. The smallest absolute Gasteiger partial charge is 0.327 e. The molecule has 1 atom stereocenters. The molecule has 0 unspecified atom stereocenters. The summed E-state index contributed by atoms with van der Waals surface area (Å²) in [5.41, 5.74) is 2.64. The van der Waals surface area contributed by atoms with Crippen molar-refractivity contribution in [3.63, 3.8) is 0 Å². The van der Waals surface area contributed by atoms with Crippen molar-refractivity contribution in [3.8, 4) is 5.69 Å². The van der Waals surface area contributed by atoms with Gasteiger partial charge >= 0.3 is 5.91 Å². The predicted molar refractivity (Wildman–Crippen MR) is 131 cm³/mol. The molecule has 2 aliphatic heterocycles. The van der Waals surface area contributed by atoms with Crippen LogP contribution in [0.25, 0.3) is 17.0 Å². The van der Waals surface area contributed by atoms with Gasteiger partial charge in [0.15, 0.2) is 12.4 Å². The molecule has 8 nitrogen and oxygen atoms in total. The number of aromatic amines is 1. The third kappa shape index (κ3) is 4.09. The Bertz CT molecular complexity index is 1430. The first-order chi connectivity index (χ1) is 17.3. The molecule has 1 fully saturated rings. The SMILES string of the molecule is CCc1[nH]n(-c2ccc(F)cc2)c(=O)c1C1=C([n+]2cc(C)cc(C)c2)C(=O)N(C[C@@H]2CCCO2)C1=O. The zero-order valence-corrected chi connectivity index (χ0v) is 20.5. The molecule has 1 N–H and O–H groups in total. The molecule has 9 heteroatoms. The predicted octanol–water partition coefficient (Wildman–Crippen LogP) is 2.69. The standard InChI is InChI=1S/C27H27FN4O4/c1-4-21-22(26(34)32(29-21)19-9-7-18(28)8-10-19)23-24(30-13-16(2)12-17(3)14-30)27(35)31(25(23)33)15-20-6-5-11-36-20/h7-10,12-14,20H,4-6,11,15H2,1-3H3/p+1/t20-/m0/s1. The summed E-state index contributed by atoms with van der Waals surface area (Å²) in [4.78, 5) is 42.5. The number of hydrogen-bond donors (Lipinski definition) is 1. The number of amides is 2. The van der Waals surface area contributed by atoms with Gasteiger partial charge in [0.05, 0.1) is 23.9 Å². The fourth-order valence-corrected chi connectivity index (χ4v) is 4.99. The Labute approximate surface area is 207 Å². The summed E-state index contributed by atoms with van der Waals surface area (Å²) in [7, 11) is 0. The third-order valence-corrected chi connectivity index (χ3v) is 6.61. The molecule has 0 spiro atoms. The van der Waals surface area contributed by atoms with Crippen LogP contribution < -0.4 is 10.1 Å². The molecular formula is C27H28FN4O4+. The minimum atomic E-state index is -0.519. The minimum absolute atomic E-state index is 0.0620. The average Bonchev–Trinajstić information content (AvgIpc) is 3.53. The van der Waals surface area contributed by atoms with Gasteiger partial charge in [0.1, 0.15) is 11.4 Å². The second-order valence-electron chi connectivity index (χ2n) is 9.31. The number of pyridine rings is 1. The monoisotopic (exact) mass is 491 g/mol. The number of halogens is 1. The molecule has 5 rings (SSSR count). The maximum atomic E-state index is 13.8. The van der Waals surface area contributed by atoms with Crippen LogP contribution in [0.4, 0.5) is 4.39 Å². The fraction of sp³-hybridized carbons (Fsp3) is 0.333. The number of nitrogens with one attached hydrogen (secondary N) is 1. The number of rotatable bonds is 6. The largest absolute Gasteiger partial charge is 0.376 e. The van der Waals surface area contributed by atoms with Gasteiger partial charge in [-0.05, 0) is 63.4 Å². The number of carbonyl (C=O) groups is 2. The Balaban J connectivity index is 1.72. The number of aryl methyl sites for hydroxylation is 3. The van der Waals surface area contributed by atoms with E-state index in [0.29, 0.717) is 24.4 Å². The number of imide groups is 1. The summed E-state index contributed by atoms with van der Waals surface area (Å²) in [5.74, 6) is -1.41. The number of H-pyrrole nitrogens is 1. The lowest BCUT2D eigenvalue weighted by Gasteiger charge is -2.18. The number of ether oxygens (including phenoxy) is 1. The van der Waals surface area contributed by atoms with Crippen molar-refractivity contribution in [3.05, 3.63) is 81.3 Å². The lowest BCUT2D eigenvalue weighted by Crippen LogP contribution is -2.42. The molecule has 4 heterocycles. The lowest BCUT2D eigenvalue weighted by atomic mass is 10.0. The number of benzene rings is 1. The Kier molecular flexibility index (Phi) is 6.17. The molecule has 186 valence electrons. The van der Waals surface area contributed by atoms with Gasteiger partial charge in [-0.3, -0.25) is 24.4 Å².